The molecule has 1 aliphatic carbocycles. The number of nitrogens with one attached hydrogen (secondary N) is 1. The van der Waals surface area contributed by atoms with Crippen LogP contribution in [0.4, 0.5) is 0 Å². The van der Waals surface area contributed by atoms with Gasteiger partial charge in [0.25, 0.3) is 0 Å². The van der Waals surface area contributed by atoms with Crippen LogP contribution in [0.1, 0.15) is 28.3 Å². The molecule has 10 nitrogen and oxygen atoms in total. The fourth-order valence-corrected chi connectivity index (χ4v) is 4.57. The van der Waals surface area contributed by atoms with Gasteiger partial charge in [-0.1, -0.05) is 12.1 Å². The summed E-state index contributed by atoms with van der Waals surface area (Å²) < 4.78 is 16.8. The predicted molar refractivity (Wildman–Crippen MR) is 108 cm³/mol. The standard InChI is InChI=1S/C20H24BN2O8/c24-17(7-11-8-22-5-6-29-11)23-9-12(10-23)30-16-4-2-14-13-1-3-15(13)21(27,28)31-19(14)18(16)20(25)26/h1-4,11-13,15,22,27-28H,5-10H2,(H,25,26)/q-1/t11-,13+,15+/m0/s1. The molecule has 2 saturated heterocycles. The number of hydrogen-bond donors (Lipinski definition) is 4. The van der Waals surface area contributed by atoms with Crippen molar-refractivity contribution < 1.29 is 38.9 Å². The highest BCUT2D eigenvalue weighted by molar-refractivity contribution is 6.62. The number of morpholine rings is 1. The Morgan fingerprint density at radius 2 is 2.06 bits per heavy atom. The van der Waals surface area contributed by atoms with Crippen LogP contribution in [0, 0.1) is 0 Å². The van der Waals surface area contributed by atoms with E-state index in [0.717, 1.165) is 6.54 Å². The highest BCUT2D eigenvalue weighted by atomic mass is 16.6. The number of rotatable bonds is 5. The lowest BCUT2D eigenvalue weighted by molar-refractivity contribution is -0.143. The van der Waals surface area contributed by atoms with Crippen LogP contribution in [0.15, 0.2) is 24.3 Å². The molecular formula is C20H24BN2O8-. The van der Waals surface area contributed by atoms with Crippen LogP contribution < -0.4 is 14.7 Å². The quantitative estimate of drug-likeness (QED) is 0.366. The van der Waals surface area contributed by atoms with Crippen molar-refractivity contribution in [2.24, 2.45) is 0 Å². The lowest BCUT2D eigenvalue weighted by Crippen LogP contribution is -2.57. The van der Waals surface area contributed by atoms with Crippen molar-refractivity contribution in [3.05, 3.63) is 35.4 Å². The predicted octanol–water partition coefficient (Wildman–Crippen LogP) is -0.308. The topological polar surface area (TPSA) is 138 Å². The molecule has 5 rings (SSSR count). The van der Waals surface area contributed by atoms with Crippen LogP contribution in [0.25, 0.3) is 0 Å². The number of benzene rings is 1. The van der Waals surface area contributed by atoms with Gasteiger partial charge in [-0.15, -0.1) is 6.08 Å². The second-order valence-corrected chi connectivity index (χ2v) is 8.47. The Labute approximate surface area is 178 Å². The van der Waals surface area contributed by atoms with Crippen molar-refractivity contribution in [1.82, 2.24) is 10.2 Å². The minimum Gasteiger partial charge on any atom is -0.669 e. The number of allylic oxidation sites excluding steroid dienone is 2. The minimum atomic E-state index is -3.20. The normalized spacial score (nSPS) is 28.5. The van der Waals surface area contributed by atoms with Crippen LogP contribution in [0.5, 0.6) is 11.5 Å². The third kappa shape index (κ3) is 3.57. The second kappa shape index (κ2) is 7.52. The highest BCUT2D eigenvalue weighted by Gasteiger charge is 2.48. The smallest absolute Gasteiger partial charge is 0.438 e. The van der Waals surface area contributed by atoms with Crippen LogP contribution in [-0.2, 0) is 9.53 Å². The third-order valence-electron chi connectivity index (χ3n) is 6.37. The van der Waals surface area contributed by atoms with Gasteiger partial charge in [-0.2, -0.15) is 0 Å². The molecule has 1 aromatic rings. The number of fused-ring (bicyclic) bond motifs is 3. The maximum Gasteiger partial charge on any atom is 0.438 e. The molecule has 0 radical (unpaired) electrons. The van der Waals surface area contributed by atoms with Gasteiger partial charge in [0.1, 0.15) is 17.4 Å². The van der Waals surface area contributed by atoms with E-state index in [4.69, 9.17) is 14.1 Å². The zero-order valence-corrected chi connectivity index (χ0v) is 16.8. The van der Waals surface area contributed by atoms with Crippen molar-refractivity contribution in [1.29, 1.82) is 0 Å². The maximum absolute atomic E-state index is 12.4. The number of aromatic carboxylic acids is 1. The van der Waals surface area contributed by atoms with E-state index in [0.29, 0.717) is 38.2 Å². The van der Waals surface area contributed by atoms with Crippen LogP contribution in [0.3, 0.4) is 0 Å². The summed E-state index contributed by atoms with van der Waals surface area (Å²) in [6.45, 7) is -0.494. The molecule has 0 unspecified atom stereocenters. The zero-order valence-electron chi connectivity index (χ0n) is 16.8. The van der Waals surface area contributed by atoms with Crippen LogP contribution in [0.2, 0.25) is 5.82 Å². The molecule has 3 heterocycles. The van der Waals surface area contributed by atoms with Crippen LogP contribution >= 0.6 is 0 Å². The fourth-order valence-electron chi connectivity index (χ4n) is 4.57. The molecule has 1 aromatic carbocycles. The van der Waals surface area contributed by atoms with Crippen molar-refractivity contribution in [3.8, 4) is 11.5 Å². The summed E-state index contributed by atoms with van der Waals surface area (Å²) in [5, 5.41) is 33.4. The van der Waals surface area contributed by atoms with E-state index in [9.17, 15) is 24.7 Å². The Balaban J connectivity index is 1.27. The Hall–Kier alpha value is -2.60. The number of ether oxygens (including phenoxy) is 2. The third-order valence-corrected chi connectivity index (χ3v) is 6.37. The Kier molecular flexibility index (Phi) is 4.93. The summed E-state index contributed by atoms with van der Waals surface area (Å²) >= 11 is 0. The number of carboxylic acid groups (broad SMARTS) is 1. The molecule has 0 spiro atoms. The number of amides is 1. The van der Waals surface area contributed by atoms with Gasteiger partial charge in [0, 0.05) is 13.1 Å². The number of likely N-dealkylation sites (tertiary alicyclic amines) is 1. The molecule has 1 amide bonds. The zero-order chi connectivity index (χ0) is 21.8. The average Bonchev–Trinajstić information content (AvgIpc) is 2.64. The first-order valence-corrected chi connectivity index (χ1v) is 10.5. The summed E-state index contributed by atoms with van der Waals surface area (Å²) in [7, 11) is 0. The molecule has 31 heavy (non-hydrogen) atoms. The molecule has 4 N–H and O–H groups in total. The van der Waals surface area contributed by atoms with Crippen molar-refractivity contribution in [2.45, 2.75) is 30.4 Å². The lowest BCUT2D eigenvalue weighted by Gasteiger charge is -2.50. The van der Waals surface area contributed by atoms with Gasteiger partial charge in [0.2, 0.25) is 5.91 Å². The molecule has 2 fully saturated rings. The number of nitrogens with zero attached hydrogens (tertiary/aromatic N) is 1. The van der Waals surface area contributed by atoms with E-state index in [1.165, 1.54) is 0 Å². The lowest BCUT2D eigenvalue weighted by atomic mass is 9.50. The number of carbonyl (C=O) groups is 2. The first-order valence-electron chi connectivity index (χ1n) is 10.5. The maximum atomic E-state index is 12.4. The monoisotopic (exact) mass is 431 g/mol. The van der Waals surface area contributed by atoms with Crippen molar-refractivity contribution >= 4 is 18.6 Å². The summed E-state index contributed by atoms with van der Waals surface area (Å²) in [6, 6.07) is 3.26. The van der Waals surface area contributed by atoms with E-state index in [1.807, 2.05) is 0 Å². The summed E-state index contributed by atoms with van der Waals surface area (Å²) in [5.41, 5.74) is 0.349. The van der Waals surface area contributed by atoms with E-state index in [1.54, 1.807) is 29.2 Å². The van der Waals surface area contributed by atoms with Gasteiger partial charge < -0.3 is 39.5 Å². The largest absolute Gasteiger partial charge is 0.669 e. The Morgan fingerprint density at radius 1 is 1.26 bits per heavy atom. The first kappa shape index (κ1) is 20.3. The van der Waals surface area contributed by atoms with Gasteiger partial charge in [-0.05, 0) is 23.4 Å². The van der Waals surface area contributed by atoms with Gasteiger partial charge in [-0.3, -0.25) is 4.79 Å². The molecule has 3 aliphatic heterocycles. The fraction of sp³-hybridized carbons (Fsp3) is 0.500. The summed E-state index contributed by atoms with van der Waals surface area (Å²) in [5.74, 6) is -2.20. The SMILES string of the molecule is O=C(O)c1c(OC2CN(C(=O)C[C@H]3CNCCO3)C2)ccc2c1O[B-](O)(O)[C@@H]1C=C[C@H]21. The summed E-state index contributed by atoms with van der Waals surface area (Å²) in [6.07, 6.45) is 3.24. The van der Waals surface area contributed by atoms with Gasteiger partial charge >= 0.3 is 12.7 Å². The van der Waals surface area contributed by atoms with Crippen molar-refractivity contribution in [3.63, 3.8) is 0 Å². The van der Waals surface area contributed by atoms with E-state index < -0.39 is 18.5 Å². The number of hydrogen-bond acceptors (Lipinski definition) is 8. The van der Waals surface area contributed by atoms with E-state index in [-0.39, 0.29) is 41.1 Å². The van der Waals surface area contributed by atoms with Gasteiger partial charge in [-0.25, -0.2) is 4.79 Å². The highest BCUT2D eigenvalue weighted by Crippen LogP contribution is 2.54. The second-order valence-electron chi connectivity index (χ2n) is 8.47. The molecule has 0 saturated carbocycles. The molecular weight excluding hydrogens is 407 g/mol. The van der Waals surface area contributed by atoms with E-state index in [2.05, 4.69) is 5.32 Å². The molecule has 11 heteroatoms. The molecule has 166 valence electrons. The Morgan fingerprint density at radius 3 is 2.71 bits per heavy atom. The molecule has 3 atom stereocenters. The van der Waals surface area contributed by atoms with Gasteiger partial charge in [0.05, 0.1) is 38.0 Å². The first-order chi connectivity index (χ1) is 14.8. The van der Waals surface area contributed by atoms with Gasteiger partial charge in [0.15, 0.2) is 0 Å². The minimum absolute atomic E-state index is 0.0309. The van der Waals surface area contributed by atoms with E-state index >= 15 is 0 Å². The molecule has 0 bridgehead atoms. The number of carbonyl (C=O) groups excluding carboxylic acids is 1. The summed E-state index contributed by atoms with van der Waals surface area (Å²) in [4.78, 5) is 26.0. The number of carboxylic acids is 1. The molecule has 0 aromatic heterocycles. The average molecular weight is 431 g/mol. The Bertz CT molecular complexity index is 939. The van der Waals surface area contributed by atoms with Crippen LogP contribution in [-0.4, -0.2) is 83.7 Å². The molecule has 4 aliphatic rings. The van der Waals surface area contributed by atoms with Crippen molar-refractivity contribution in [2.75, 3.05) is 32.8 Å².